The maximum absolute atomic E-state index is 12.7. The molecule has 1 unspecified atom stereocenters. The van der Waals surface area contributed by atoms with Crippen molar-refractivity contribution in [2.75, 3.05) is 33.4 Å². The summed E-state index contributed by atoms with van der Waals surface area (Å²) in [5.74, 6) is 1.11. The van der Waals surface area contributed by atoms with Crippen LogP contribution in [0.5, 0.6) is 5.75 Å². The SMILES string of the molecule is CCOC(=O)C1COC(=O)N1C1CCN(C(=O)CCc2nc(-c3ccc(OC)cc3)no2)CC1. The van der Waals surface area contributed by atoms with E-state index in [-0.39, 0.29) is 31.6 Å². The van der Waals surface area contributed by atoms with Gasteiger partial charge in [0.25, 0.3) is 0 Å². The molecule has 0 saturated carbocycles. The molecule has 34 heavy (non-hydrogen) atoms. The third-order valence-corrected chi connectivity index (χ3v) is 6.05. The molecule has 2 aromatic rings. The molecule has 0 bridgehead atoms. The molecular formula is C23H28N4O7. The van der Waals surface area contributed by atoms with Gasteiger partial charge < -0.3 is 23.6 Å². The molecule has 1 aromatic heterocycles. The second-order valence-electron chi connectivity index (χ2n) is 8.10. The fraction of sp³-hybridized carbons (Fsp3) is 0.522. The van der Waals surface area contributed by atoms with Crippen LogP contribution in [-0.2, 0) is 25.5 Å². The lowest BCUT2D eigenvalue weighted by molar-refractivity contribution is -0.149. The number of rotatable bonds is 8. The van der Waals surface area contributed by atoms with E-state index in [0.717, 1.165) is 11.3 Å². The lowest BCUT2D eigenvalue weighted by Crippen LogP contribution is -2.52. The van der Waals surface area contributed by atoms with Gasteiger partial charge in [-0.1, -0.05) is 5.16 Å². The van der Waals surface area contributed by atoms with Gasteiger partial charge in [-0.3, -0.25) is 9.69 Å². The third kappa shape index (κ3) is 5.13. The van der Waals surface area contributed by atoms with Gasteiger partial charge in [0.2, 0.25) is 17.6 Å². The number of likely N-dealkylation sites (tertiary alicyclic amines) is 1. The molecule has 0 aliphatic carbocycles. The summed E-state index contributed by atoms with van der Waals surface area (Å²) in [4.78, 5) is 44.7. The van der Waals surface area contributed by atoms with Crippen molar-refractivity contribution in [3.8, 4) is 17.1 Å². The highest BCUT2D eigenvalue weighted by Crippen LogP contribution is 2.25. The zero-order valence-electron chi connectivity index (χ0n) is 19.3. The standard InChI is InChI=1S/C23H28N4O7/c1-3-32-22(29)18-14-33-23(30)27(18)16-10-12-26(13-11-16)20(28)9-8-19-24-21(25-34-19)15-4-6-17(31-2)7-5-15/h4-7,16,18H,3,8-14H2,1-2H3. The van der Waals surface area contributed by atoms with Crippen molar-refractivity contribution in [2.45, 2.75) is 44.7 Å². The Morgan fingerprint density at radius 3 is 2.59 bits per heavy atom. The van der Waals surface area contributed by atoms with Crippen molar-refractivity contribution in [1.29, 1.82) is 0 Å². The van der Waals surface area contributed by atoms with Gasteiger partial charge >= 0.3 is 12.1 Å². The van der Waals surface area contributed by atoms with Crippen molar-refractivity contribution in [1.82, 2.24) is 19.9 Å². The molecule has 182 valence electrons. The van der Waals surface area contributed by atoms with E-state index in [2.05, 4.69) is 10.1 Å². The number of carbonyl (C=O) groups is 3. The maximum atomic E-state index is 12.7. The molecular weight excluding hydrogens is 444 g/mol. The number of hydrogen-bond acceptors (Lipinski definition) is 9. The summed E-state index contributed by atoms with van der Waals surface area (Å²) in [6.45, 7) is 2.94. The molecule has 0 spiro atoms. The quantitative estimate of drug-likeness (QED) is 0.531. The highest BCUT2D eigenvalue weighted by molar-refractivity contribution is 5.84. The van der Waals surface area contributed by atoms with E-state index >= 15 is 0 Å². The van der Waals surface area contributed by atoms with E-state index in [0.29, 0.717) is 44.1 Å². The topological polar surface area (TPSA) is 124 Å². The highest BCUT2D eigenvalue weighted by atomic mass is 16.6. The fourth-order valence-corrected chi connectivity index (χ4v) is 4.24. The molecule has 0 radical (unpaired) electrons. The number of amides is 2. The predicted octanol–water partition coefficient (Wildman–Crippen LogP) is 2.05. The van der Waals surface area contributed by atoms with Crippen LogP contribution in [0.3, 0.4) is 0 Å². The molecule has 2 amide bonds. The number of aryl methyl sites for hydroxylation is 1. The van der Waals surface area contributed by atoms with Gasteiger partial charge in [-0.25, -0.2) is 9.59 Å². The van der Waals surface area contributed by atoms with Gasteiger partial charge in [0.1, 0.15) is 12.4 Å². The van der Waals surface area contributed by atoms with Gasteiger partial charge in [0.05, 0.1) is 13.7 Å². The largest absolute Gasteiger partial charge is 0.497 e. The molecule has 4 rings (SSSR count). The van der Waals surface area contributed by atoms with Gasteiger partial charge in [-0.15, -0.1) is 0 Å². The Labute approximate surface area is 196 Å². The van der Waals surface area contributed by atoms with Crippen LogP contribution in [-0.4, -0.2) is 83.4 Å². The Kier molecular flexibility index (Phi) is 7.29. The number of aromatic nitrogens is 2. The molecule has 11 heteroatoms. The van der Waals surface area contributed by atoms with Crippen LogP contribution in [0.1, 0.15) is 32.1 Å². The first-order valence-corrected chi connectivity index (χ1v) is 11.4. The average molecular weight is 472 g/mol. The normalized spacial score (nSPS) is 18.6. The van der Waals surface area contributed by atoms with Gasteiger partial charge in [0, 0.05) is 37.5 Å². The number of piperidine rings is 1. The van der Waals surface area contributed by atoms with Crippen molar-refractivity contribution < 1.29 is 33.1 Å². The molecule has 1 aromatic carbocycles. The predicted molar refractivity (Wildman–Crippen MR) is 118 cm³/mol. The molecule has 2 aliphatic heterocycles. The zero-order chi connectivity index (χ0) is 24.1. The second kappa shape index (κ2) is 10.5. The van der Waals surface area contributed by atoms with E-state index in [1.165, 1.54) is 4.90 Å². The monoisotopic (exact) mass is 472 g/mol. The average Bonchev–Trinajstić information content (AvgIpc) is 3.49. The number of hydrogen-bond donors (Lipinski definition) is 0. The van der Waals surface area contributed by atoms with Crippen LogP contribution < -0.4 is 4.74 Å². The summed E-state index contributed by atoms with van der Waals surface area (Å²) in [5, 5.41) is 3.99. The maximum Gasteiger partial charge on any atom is 0.410 e. The Morgan fingerprint density at radius 2 is 1.91 bits per heavy atom. The van der Waals surface area contributed by atoms with Crippen LogP contribution in [0.15, 0.2) is 28.8 Å². The molecule has 3 heterocycles. The van der Waals surface area contributed by atoms with Crippen molar-refractivity contribution >= 4 is 18.0 Å². The lowest BCUT2D eigenvalue weighted by atomic mass is 10.0. The second-order valence-corrected chi connectivity index (χ2v) is 8.10. The Balaban J connectivity index is 1.27. The first kappa shape index (κ1) is 23.5. The van der Waals surface area contributed by atoms with Crippen molar-refractivity contribution in [3.05, 3.63) is 30.2 Å². The van der Waals surface area contributed by atoms with E-state index in [9.17, 15) is 14.4 Å². The first-order chi connectivity index (χ1) is 16.5. The highest BCUT2D eigenvalue weighted by Gasteiger charge is 2.44. The number of cyclic esters (lactones) is 1. The van der Waals surface area contributed by atoms with Crippen LogP contribution >= 0.6 is 0 Å². The molecule has 0 N–H and O–H groups in total. The van der Waals surface area contributed by atoms with Crippen LogP contribution in [0.4, 0.5) is 4.79 Å². The molecule has 2 aliphatic rings. The number of ether oxygens (including phenoxy) is 3. The van der Waals surface area contributed by atoms with E-state index in [1.54, 1.807) is 18.9 Å². The lowest BCUT2D eigenvalue weighted by Gasteiger charge is -2.37. The van der Waals surface area contributed by atoms with Crippen LogP contribution in [0, 0.1) is 0 Å². The van der Waals surface area contributed by atoms with Crippen LogP contribution in [0.2, 0.25) is 0 Å². The van der Waals surface area contributed by atoms with Crippen molar-refractivity contribution in [2.24, 2.45) is 0 Å². The number of benzene rings is 1. The van der Waals surface area contributed by atoms with Crippen LogP contribution in [0.25, 0.3) is 11.4 Å². The number of nitrogens with zero attached hydrogens (tertiary/aromatic N) is 4. The summed E-state index contributed by atoms with van der Waals surface area (Å²) in [5.41, 5.74) is 0.797. The fourth-order valence-electron chi connectivity index (χ4n) is 4.24. The first-order valence-electron chi connectivity index (χ1n) is 11.4. The van der Waals surface area contributed by atoms with Gasteiger partial charge in [-0.2, -0.15) is 4.98 Å². The summed E-state index contributed by atoms with van der Waals surface area (Å²) in [6, 6.07) is 6.41. The Bertz CT molecular complexity index is 1010. The number of carbonyl (C=O) groups excluding carboxylic acids is 3. The summed E-state index contributed by atoms with van der Waals surface area (Å²) < 4.78 is 20.6. The molecule has 2 fully saturated rings. The summed E-state index contributed by atoms with van der Waals surface area (Å²) in [7, 11) is 1.60. The van der Waals surface area contributed by atoms with Crippen molar-refractivity contribution in [3.63, 3.8) is 0 Å². The minimum Gasteiger partial charge on any atom is -0.497 e. The summed E-state index contributed by atoms with van der Waals surface area (Å²) >= 11 is 0. The Hall–Kier alpha value is -3.63. The summed E-state index contributed by atoms with van der Waals surface area (Å²) in [6.07, 6.45) is 1.21. The minimum atomic E-state index is -0.725. The molecule has 11 nitrogen and oxygen atoms in total. The smallest absolute Gasteiger partial charge is 0.410 e. The third-order valence-electron chi connectivity index (χ3n) is 6.05. The van der Waals surface area contributed by atoms with Gasteiger partial charge in [-0.05, 0) is 44.0 Å². The number of methoxy groups -OCH3 is 1. The van der Waals surface area contributed by atoms with E-state index in [4.69, 9.17) is 18.7 Å². The molecule has 2 saturated heterocycles. The minimum absolute atomic E-state index is 0.000488. The zero-order valence-corrected chi connectivity index (χ0v) is 19.3. The van der Waals surface area contributed by atoms with E-state index in [1.807, 2.05) is 24.3 Å². The molecule has 1 atom stereocenters. The Morgan fingerprint density at radius 1 is 1.18 bits per heavy atom. The number of esters is 1. The van der Waals surface area contributed by atoms with Gasteiger partial charge in [0.15, 0.2) is 6.04 Å². The van der Waals surface area contributed by atoms with E-state index < -0.39 is 18.1 Å².